The molecule has 0 spiro atoms. The van der Waals surface area contributed by atoms with Gasteiger partial charge < -0.3 is 10.6 Å². The van der Waals surface area contributed by atoms with Crippen LogP contribution in [0.25, 0.3) is 5.65 Å². The molecule has 130 valence electrons. The Morgan fingerprint density at radius 1 is 1.17 bits per heavy atom. The van der Waals surface area contributed by atoms with Crippen LogP contribution in [0.4, 0.5) is 14.6 Å². The lowest BCUT2D eigenvalue weighted by Crippen LogP contribution is -2.43. The Bertz CT molecular complexity index is 712. The highest BCUT2D eigenvalue weighted by atomic mass is 19.3. The van der Waals surface area contributed by atoms with Crippen molar-refractivity contribution in [3.8, 4) is 0 Å². The maximum atomic E-state index is 13.0. The summed E-state index contributed by atoms with van der Waals surface area (Å²) in [4.78, 5) is 2.12. The number of nitrogens with two attached hydrogens (primary N) is 1. The largest absolute Gasteiger partial charge is 0.355 e. The minimum absolute atomic E-state index is 0.0126. The van der Waals surface area contributed by atoms with E-state index in [0.29, 0.717) is 23.4 Å². The summed E-state index contributed by atoms with van der Waals surface area (Å²) in [6, 6.07) is 3.88. The number of nitrogens with one attached hydrogen (secondary N) is 2. The lowest BCUT2D eigenvalue weighted by atomic mass is 9.88. The highest BCUT2D eigenvalue weighted by molar-refractivity contribution is 5.46. The quantitative estimate of drug-likeness (QED) is 0.747. The van der Waals surface area contributed by atoms with Crippen molar-refractivity contribution in [2.24, 2.45) is 11.7 Å². The molecular formula is C14H20F2N8. The maximum absolute atomic E-state index is 13.0. The molecule has 10 heteroatoms. The van der Waals surface area contributed by atoms with E-state index in [1.807, 2.05) is 6.07 Å². The van der Waals surface area contributed by atoms with Gasteiger partial charge >= 0.3 is 0 Å². The Morgan fingerprint density at radius 3 is 2.62 bits per heavy atom. The lowest BCUT2D eigenvalue weighted by Gasteiger charge is -2.35. The third-order valence-corrected chi connectivity index (χ3v) is 4.86. The van der Waals surface area contributed by atoms with Crippen LogP contribution in [0, 0.1) is 5.92 Å². The second-order valence-electron chi connectivity index (χ2n) is 6.38. The number of hydrogen-bond donors (Lipinski definition) is 3. The third kappa shape index (κ3) is 2.80. The summed E-state index contributed by atoms with van der Waals surface area (Å²) < 4.78 is 27.1. The first-order valence-corrected chi connectivity index (χ1v) is 8.14. The van der Waals surface area contributed by atoms with E-state index in [9.17, 15) is 8.78 Å². The monoisotopic (exact) mass is 338 g/mol. The number of hydrogen-bond acceptors (Lipinski definition) is 7. The number of alkyl halides is 2. The maximum Gasteiger partial charge on any atom is 0.299 e. The highest BCUT2D eigenvalue weighted by Crippen LogP contribution is 2.27. The molecule has 0 radical (unpaired) electrons. The Balaban J connectivity index is 1.47. The van der Waals surface area contributed by atoms with Crippen molar-refractivity contribution in [1.82, 2.24) is 30.7 Å². The van der Waals surface area contributed by atoms with E-state index in [-0.39, 0.29) is 6.17 Å². The average Bonchev–Trinajstić information content (AvgIpc) is 3.20. The van der Waals surface area contributed by atoms with Crippen LogP contribution in [0.1, 0.15) is 31.5 Å². The second kappa shape index (κ2) is 6.19. The molecule has 24 heavy (non-hydrogen) atoms. The zero-order valence-corrected chi connectivity index (χ0v) is 13.1. The predicted octanol–water partition coefficient (Wildman–Crippen LogP) is 0.430. The van der Waals surface area contributed by atoms with Gasteiger partial charge in [0.1, 0.15) is 5.82 Å². The van der Waals surface area contributed by atoms with Gasteiger partial charge in [0.05, 0.1) is 6.17 Å². The molecule has 8 nitrogen and oxygen atoms in total. The first-order chi connectivity index (χ1) is 11.6. The summed E-state index contributed by atoms with van der Waals surface area (Å²) in [5.41, 5.74) is 12.5. The molecule has 2 saturated heterocycles. The van der Waals surface area contributed by atoms with E-state index in [4.69, 9.17) is 5.73 Å². The molecule has 2 aliphatic rings. The Labute approximate surface area is 137 Å². The fourth-order valence-electron chi connectivity index (χ4n) is 3.55. The molecule has 0 aliphatic carbocycles. The molecule has 2 fully saturated rings. The molecule has 0 aromatic carbocycles. The van der Waals surface area contributed by atoms with Crippen molar-refractivity contribution >= 4 is 11.5 Å². The molecule has 4 N–H and O–H groups in total. The van der Waals surface area contributed by atoms with Crippen LogP contribution in [-0.4, -0.2) is 45.1 Å². The van der Waals surface area contributed by atoms with Gasteiger partial charge in [-0.05, 0) is 37.3 Å². The molecule has 2 atom stereocenters. The van der Waals surface area contributed by atoms with Gasteiger partial charge in [0, 0.05) is 19.1 Å². The first-order valence-electron chi connectivity index (χ1n) is 8.14. The Hall–Kier alpha value is -1.91. The summed E-state index contributed by atoms with van der Waals surface area (Å²) in [7, 11) is 0. The van der Waals surface area contributed by atoms with Crippen LogP contribution in [-0.2, 0) is 0 Å². The summed E-state index contributed by atoms with van der Waals surface area (Å²) >= 11 is 0. The van der Waals surface area contributed by atoms with Crippen LogP contribution in [0.15, 0.2) is 12.1 Å². The van der Waals surface area contributed by atoms with Crippen LogP contribution in [0.5, 0.6) is 0 Å². The average molecular weight is 338 g/mol. The molecule has 0 amide bonds. The summed E-state index contributed by atoms with van der Waals surface area (Å²) in [6.07, 6.45) is 0.260. The van der Waals surface area contributed by atoms with Gasteiger partial charge in [-0.15, -0.1) is 15.3 Å². The topological polar surface area (TPSA) is 96.4 Å². The molecule has 2 aromatic rings. The van der Waals surface area contributed by atoms with Crippen molar-refractivity contribution in [3.63, 3.8) is 0 Å². The van der Waals surface area contributed by atoms with Crippen LogP contribution >= 0.6 is 0 Å². The van der Waals surface area contributed by atoms with Gasteiger partial charge in [-0.1, -0.05) is 0 Å². The standard InChI is InChI=1S/C14H20F2N8/c15-13(16)14-21-20-11-1-2-12(22-24(11)14)23-5-3-8(4-6-23)9-7-10(17)19-18-9/h1-2,8-10,13,18-19H,3-7,17H2. The minimum Gasteiger partial charge on any atom is -0.355 e. The number of nitrogens with zero attached hydrogens (tertiary/aromatic N) is 5. The van der Waals surface area contributed by atoms with Crippen molar-refractivity contribution < 1.29 is 8.78 Å². The van der Waals surface area contributed by atoms with Gasteiger partial charge in [0.15, 0.2) is 5.65 Å². The Morgan fingerprint density at radius 2 is 1.96 bits per heavy atom. The molecule has 2 aromatic heterocycles. The highest BCUT2D eigenvalue weighted by Gasteiger charge is 2.31. The fourth-order valence-corrected chi connectivity index (χ4v) is 3.55. The molecule has 4 rings (SSSR count). The number of piperidine rings is 1. The molecule has 0 saturated carbocycles. The van der Waals surface area contributed by atoms with Crippen LogP contribution in [0.2, 0.25) is 0 Å². The lowest BCUT2D eigenvalue weighted by molar-refractivity contribution is 0.137. The van der Waals surface area contributed by atoms with E-state index >= 15 is 0 Å². The van der Waals surface area contributed by atoms with E-state index in [0.717, 1.165) is 36.9 Å². The number of fused-ring (bicyclic) bond motifs is 1. The molecule has 2 aliphatic heterocycles. The van der Waals surface area contributed by atoms with E-state index in [1.165, 1.54) is 0 Å². The van der Waals surface area contributed by atoms with Crippen molar-refractivity contribution in [3.05, 3.63) is 18.0 Å². The Kier molecular flexibility index (Phi) is 4.02. The molecule has 0 bridgehead atoms. The third-order valence-electron chi connectivity index (χ3n) is 4.86. The number of aromatic nitrogens is 4. The molecule has 4 heterocycles. The van der Waals surface area contributed by atoms with Crippen molar-refractivity contribution in [2.75, 3.05) is 18.0 Å². The first kappa shape index (κ1) is 15.6. The van der Waals surface area contributed by atoms with Gasteiger partial charge in [0.2, 0.25) is 5.82 Å². The predicted molar refractivity (Wildman–Crippen MR) is 83.3 cm³/mol. The fraction of sp³-hybridized carbons (Fsp3) is 0.643. The zero-order chi connectivity index (χ0) is 16.7. The number of anilines is 1. The van der Waals surface area contributed by atoms with Crippen molar-refractivity contribution in [2.45, 2.75) is 37.9 Å². The number of halogens is 2. The zero-order valence-electron chi connectivity index (χ0n) is 13.1. The SMILES string of the molecule is NC1CC(C2CCN(c3ccc4nnc(C(F)F)n4n3)CC2)NN1. The molecular weight excluding hydrogens is 318 g/mol. The number of hydrazine groups is 1. The van der Waals surface area contributed by atoms with Gasteiger partial charge in [-0.3, -0.25) is 5.43 Å². The van der Waals surface area contributed by atoms with Gasteiger partial charge in [0.25, 0.3) is 6.43 Å². The summed E-state index contributed by atoms with van der Waals surface area (Å²) in [5.74, 6) is 0.811. The number of rotatable bonds is 3. The smallest absolute Gasteiger partial charge is 0.299 e. The van der Waals surface area contributed by atoms with Crippen molar-refractivity contribution in [1.29, 1.82) is 0 Å². The minimum atomic E-state index is -2.70. The van der Waals surface area contributed by atoms with Crippen LogP contribution in [0.3, 0.4) is 0 Å². The van der Waals surface area contributed by atoms with Gasteiger partial charge in [-0.25, -0.2) is 14.2 Å². The normalized spacial score (nSPS) is 25.9. The second-order valence-corrected chi connectivity index (χ2v) is 6.38. The van der Waals surface area contributed by atoms with E-state index in [1.54, 1.807) is 6.07 Å². The van der Waals surface area contributed by atoms with Crippen LogP contribution < -0.4 is 21.5 Å². The summed E-state index contributed by atoms with van der Waals surface area (Å²) in [5, 5.41) is 11.5. The molecule has 2 unspecified atom stereocenters. The van der Waals surface area contributed by atoms with Gasteiger partial charge in [-0.2, -0.15) is 4.52 Å². The van der Waals surface area contributed by atoms with E-state index < -0.39 is 12.2 Å². The summed E-state index contributed by atoms with van der Waals surface area (Å²) in [6.45, 7) is 1.67. The van der Waals surface area contributed by atoms with E-state index in [2.05, 4.69) is 31.0 Å².